The van der Waals surface area contributed by atoms with Gasteiger partial charge in [0.1, 0.15) is 17.2 Å². The molecule has 2 aromatic heterocycles. The van der Waals surface area contributed by atoms with Crippen LogP contribution >= 0.6 is 0 Å². The van der Waals surface area contributed by atoms with Crippen LogP contribution in [0.4, 0.5) is 0 Å². The number of H-pyrrole nitrogens is 1. The van der Waals surface area contributed by atoms with Gasteiger partial charge in [-0.3, -0.25) is 4.79 Å². The van der Waals surface area contributed by atoms with Gasteiger partial charge < -0.3 is 20.2 Å². The Balaban J connectivity index is 0.000000941. The number of aromatic amines is 1. The molecule has 154 valence electrons. The summed E-state index contributed by atoms with van der Waals surface area (Å²) in [5.41, 5.74) is 7.53. The second kappa shape index (κ2) is 10.4. The van der Waals surface area contributed by atoms with Gasteiger partial charge in [0.2, 0.25) is 5.88 Å². The molecule has 0 atom stereocenters. The van der Waals surface area contributed by atoms with E-state index >= 15 is 0 Å². The van der Waals surface area contributed by atoms with E-state index < -0.39 is 17.5 Å². The number of carbonyl (C=O) groups excluding carboxylic acids is 1. The number of nitrogens with zero attached hydrogens (tertiary/aromatic N) is 1. The maximum Gasteiger partial charge on any atom is 0.335 e. The van der Waals surface area contributed by atoms with Crippen LogP contribution in [0.3, 0.4) is 0 Å². The monoisotopic (exact) mass is 417 g/mol. The average Bonchev–Trinajstić information content (AvgIpc) is 3.13. The van der Waals surface area contributed by atoms with Crippen LogP contribution in [-0.4, -0.2) is 30.4 Å². The molecule has 0 saturated carbocycles. The first-order chi connectivity index (χ1) is 13.9. The molecule has 0 unspecified atom stereocenters. The fourth-order valence-corrected chi connectivity index (χ4v) is 2.74. The number of aryl methyl sites for hydroxylation is 1. The molecule has 0 fully saturated rings. The number of aromatic nitrogens is 2. The van der Waals surface area contributed by atoms with Gasteiger partial charge in [-0.05, 0) is 37.5 Å². The van der Waals surface area contributed by atoms with Crippen LogP contribution < -0.4 is 15.2 Å². The molecular formula is C20H23N3O5S. The van der Waals surface area contributed by atoms with Crippen LogP contribution in [0.2, 0.25) is 0 Å². The lowest BCUT2D eigenvalue weighted by Gasteiger charge is -2.17. The second-order valence-corrected chi connectivity index (χ2v) is 6.47. The highest BCUT2D eigenvalue weighted by atomic mass is 32.1. The summed E-state index contributed by atoms with van der Waals surface area (Å²) >= 11 is -0.750. The molecule has 0 radical (unpaired) electrons. The molecular weight excluding hydrogens is 394 g/mol. The minimum Gasteiger partial charge on any atom is -0.488 e. The van der Waals surface area contributed by atoms with E-state index in [2.05, 4.69) is 23.8 Å². The zero-order valence-electron chi connectivity index (χ0n) is 16.4. The third kappa shape index (κ3) is 5.89. The molecule has 1 amide bonds. The van der Waals surface area contributed by atoms with E-state index in [-0.39, 0.29) is 6.10 Å². The summed E-state index contributed by atoms with van der Waals surface area (Å²) in [7, 11) is 0. The van der Waals surface area contributed by atoms with Crippen molar-refractivity contribution in [3.63, 3.8) is 0 Å². The summed E-state index contributed by atoms with van der Waals surface area (Å²) < 4.78 is 28.6. The Morgan fingerprint density at radius 2 is 1.90 bits per heavy atom. The second-order valence-electron chi connectivity index (χ2n) is 6.33. The Bertz CT molecular complexity index is 1010. The van der Waals surface area contributed by atoms with Crippen molar-refractivity contribution in [2.45, 2.75) is 39.7 Å². The number of amides is 1. The van der Waals surface area contributed by atoms with E-state index in [1.165, 1.54) is 0 Å². The molecule has 8 nitrogen and oxygen atoms in total. The predicted octanol–water partition coefficient (Wildman–Crippen LogP) is 3.66. The third-order valence-electron chi connectivity index (χ3n) is 4.24. The van der Waals surface area contributed by atoms with Crippen LogP contribution in [0.5, 0.6) is 17.4 Å². The molecule has 0 aliphatic carbocycles. The zero-order chi connectivity index (χ0) is 21.4. The van der Waals surface area contributed by atoms with E-state index in [9.17, 15) is 4.79 Å². The van der Waals surface area contributed by atoms with Gasteiger partial charge in [-0.1, -0.05) is 19.9 Å². The van der Waals surface area contributed by atoms with Crippen LogP contribution in [0.25, 0.3) is 10.9 Å². The van der Waals surface area contributed by atoms with E-state index in [4.69, 9.17) is 23.6 Å². The number of fused-ring (bicyclic) bond motifs is 1. The first-order valence-electron chi connectivity index (χ1n) is 9.07. The van der Waals surface area contributed by atoms with Gasteiger partial charge >= 0.3 is 11.6 Å². The number of benzene rings is 1. The first kappa shape index (κ1) is 22.1. The fourth-order valence-electron chi connectivity index (χ4n) is 2.74. The lowest BCUT2D eigenvalue weighted by atomic mass is 10.2. The number of hydrogen-bond donors (Lipinski definition) is 2. The summed E-state index contributed by atoms with van der Waals surface area (Å²) in [5, 5.41) is 0.796. The number of carbonyl (C=O) groups is 1. The lowest BCUT2D eigenvalue weighted by molar-refractivity contribution is 0.0996. The fraction of sp³-hybridized carbons (Fsp3) is 0.300. The van der Waals surface area contributed by atoms with Crippen molar-refractivity contribution in [3.8, 4) is 17.4 Å². The van der Waals surface area contributed by atoms with Crippen LogP contribution in [0, 0.1) is 6.92 Å². The van der Waals surface area contributed by atoms with Gasteiger partial charge in [0.05, 0.1) is 11.6 Å². The Labute approximate surface area is 172 Å². The van der Waals surface area contributed by atoms with Crippen LogP contribution in [-0.2, 0) is 11.6 Å². The number of nitrogens with two attached hydrogens (primary N) is 1. The van der Waals surface area contributed by atoms with Gasteiger partial charge in [-0.25, -0.2) is 4.98 Å². The van der Waals surface area contributed by atoms with E-state index in [0.29, 0.717) is 23.1 Å². The van der Waals surface area contributed by atoms with Crippen molar-refractivity contribution in [2.24, 2.45) is 5.73 Å². The highest BCUT2D eigenvalue weighted by Gasteiger charge is 2.15. The topological polar surface area (TPSA) is 124 Å². The largest absolute Gasteiger partial charge is 0.488 e. The standard InChI is InChI=1S/C20H23N3O3.O2S/c1-4-14(5-2)25-17-10-15(26-18-7-6-12(3)11-22-18)8-13-9-16(20(21)24)23-19(13)17;1-3-2/h6-11,14,23H,4-5H2,1-3H3,(H2,21,24);. The number of nitrogens with one attached hydrogen (secondary N) is 1. The molecule has 29 heavy (non-hydrogen) atoms. The summed E-state index contributed by atoms with van der Waals surface area (Å²) in [4.78, 5) is 18.8. The Morgan fingerprint density at radius 1 is 1.21 bits per heavy atom. The minimum atomic E-state index is -0.750. The molecule has 1 aromatic carbocycles. The van der Waals surface area contributed by atoms with Gasteiger partial charge in [-0.15, -0.1) is 0 Å². The summed E-state index contributed by atoms with van der Waals surface area (Å²) in [6, 6.07) is 9.09. The predicted molar refractivity (Wildman–Crippen MR) is 110 cm³/mol. The van der Waals surface area contributed by atoms with Crippen LogP contribution in [0.1, 0.15) is 42.7 Å². The quantitative estimate of drug-likeness (QED) is 0.604. The van der Waals surface area contributed by atoms with Gasteiger partial charge in [0.25, 0.3) is 5.91 Å². The van der Waals surface area contributed by atoms with Crippen molar-refractivity contribution in [1.29, 1.82) is 0 Å². The third-order valence-corrected chi connectivity index (χ3v) is 4.24. The first-order valence-corrected chi connectivity index (χ1v) is 9.73. The van der Waals surface area contributed by atoms with E-state index in [1.807, 2.05) is 31.2 Å². The van der Waals surface area contributed by atoms with Gasteiger partial charge in [0.15, 0.2) is 0 Å². The van der Waals surface area contributed by atoms with Crippen molar-refractivity contribution < 1.29 is 22.7 Å². The number of rotatable bonds is 7. The van der Waals surface area contributed by atoms with Gasteiger partial charge in [-0.2, -0.15) is 8.42 Å². The lowest BCUT2D eigenvalue weighted by Crippen LogP contribution is -2.14. The Kier molecular flexibility index (Phi) is 7.90. The molecule has 0 bridgehead atoms. The summed E-state index contributed by atoms with van der Waals surface area (Å²) in [6.45, 7) is 6.12. The highest BCUT2D eigenvalue weighted by Crippen LogP contribution is 2.34. The van der Waals surface area contributed by atoms with Gasteiger partial charge in [0, 0.05) is 23.7 Å². The number of pyridine rings is 1. The highest BCUT2D eigenvalue weighted by molar-refractivity contribution is 7.51. The smallest absolute Gasteiger partial charge is 0.335 e. The van der Waals surface area contributed by atoms with E-state index in [1.54, 1.807) is 12.3 Å². The molecule has 9 heteroatoms. The SMILES string of the molecule is CCC(CC)Oc1cc(Oc2ccc(C)cn2)cc2cc(C(N)=O)[nH]c12.O=S=O. The molecule has 0 spiro atoms. The van der Waals surface area contributed by atoms with Crippen LogP contribution in [0.15, 0.2) is 36.5 Å². The number of primary amides is 1. The summed E-state index contributed by atoms with van der Waals surface area (Å²) in [6.07, 6.45) is 3.58. The molecule has 0 aliphatic heterocycles. The van der Waals surface area contributed by atoms with E-state index in [0.717, 1.165) is 29.3 Å². The normalized spacial score (nSPS) is 10.3. The maximum atomic E-state index is 11.5. The number of hydrogen-bond acceptors (Lipinski definition) is 6. The van der Waals surface area contributed by atoms with Crippen molar-refractivity contribution in [1.82, 2.24) is 9.97 Å². The summed E-state index contributed by atoms with van der Waals surface area (Å²) in [5.74, 6) is 1.20. The van der Waals surface area contributed by atoms with Crippen molar-refractivity contribution >= 4 is 28.4 Å². The molecule has 2 heterocycles. The number of ether oxygens (including phenoxy) is 2. The Hall–Kier alpha value is -3.20. The van der Waals surface area contributed by atoms with Crippen molar-refractivity contribution in [3.05, 3.63) is 47.8 Å². The molecule has 0 aliphatic rings. The molecule has 3 N–H and O–H groups in total. The zero-order valence-corrected chi connectivity index (χ0v) is 17.2. The van der Waals surface area contributed by atoms with Crippen molar-refractivity contribution in [2.75, 3.05) is 0 Å². The Morgan fingerprint density at radius 3 is 2.45 bits per heavy atom. The maximum absolute atomic E-state index is 11.5. The minimum absolute atomic E-state index is 0.0753. The average molecular weight is 417 g/mol. The molecule has 3 rings (SSSR count). The molecule has 0 saturated heterocycles. The molecule has 3 aromatic rings.